The highest BCUT2D eigenvalue weighted by Gasteiger charge is 2.27. The predicted molar refractivity (Wildman–Crippen MR) is 242 cm³/mol. The van der Waals surface area contributed by atoms with Crippen molar-refractivity contribution in [3.8, 4) is 5.75 Å². The molecule has 17 heteroatoms. The van der Waals surface area contributed by atoms with E-state index in [1.165, 1.54) is 0 Å². The summed E-state index contributed by atoms with van der Waals surface area (Å²) in [5, 5.41) is 8.16. The number of hydrogen-bond acceptors (Lipinski definition) is 10. The number of nitrogens with one attached hydrogen (secondary N) is 3. The Hall–Kier alpha value is -6.39. The fourth-order valence-corrected chi connectivity index (χ4v) is 6.19. The molecule has 0 atom stereocenters. The number of aliphatic imine (C=N–C) groups is 2. The Balaban J connectivity index is 1.43. The van der Waals surface area contributed by atoms with Crippen molar-refractivity contribution in [1.29, 1.82) is 0 Å². The third kappa shape index (κ3) is 16.4. The van der Waals surface area contributed by atoms with E-state index in [0.29, 0.717) is 56.0 Å². The molecule has 2 aliphatic rings. The lowest BCUT2D eigenvalue weighted by Gasteiger charge is -2.30. The molecule has 4 rings (SSSR count). The maximum Gasteiger partial charge on any atom is 0.437 e. The van der Waals surface area contributed by atoms with E-state index in [9.17, 15) is 24.0 Å². The van der Waals surface area contributed by atoms with Crippen LogP contribution in [0.2, 0.25) is 0 Å². The quantitative estimate of drug-likeness (QED) is 0.147. The first-order valence-electron chi connectivity index (χ1n) is 20.8. The zero-order valence-electron chi connectivity index (χ0n) is 38.8. The molecule has 0 aromatic heterocycles. The monoisotopic (exact) mass is 873 g/mol. The number of alkyl carbamates (subject to hydrolysis) is 2. The van der Waals surface area contributed by atoms with Gasteiger partial charge in [0.2, 0.25) is 11.9 Å². The van der Waals surface area contributed by atoms with Gasteiger partial charge in [-0.25, -0.2) is 19.2 Å². The van der Waals surface area contributed by atoms with E-state index >= 15 is 0 Å². The molecule has 63 heavy (non-hydrogen) atoms. The second-order valence-electron chi connectivity index (χ2n) is 18.9. The Bertz CT molecular complexity index is 2150. The Kier molecular flexibility index (Phi) is 15.8. The van der Waals surface area contributed by atoms with Gasteiger partial charge in [-0.05, 0) is 137 Å². The summed E-state index contributed by atoms with van der Waals surface area (Å²) in [7, 11) is 1.56. The van der Waals surface area contributed by atoms with E-state index in [4.69, 9.17) is 23.7 Å². The van der Waals surface area contributed by atoms with Crippen molar-refractivity contribution < 1.29 is 47.7 Å². The van der Waals surface area contributed by atoms with E-state index in [0.717, 1.165) is 22.3 Å². The summed E-state index contributed by atoms with van der Waals surface area (Å²) in [6.45, 7) is 22.3. The van der Waals surface area contributed by atoms with Crippen LogP contribution in [0.4, 0.5) is 24.9 Å². The van der Waals surface area contributed by atoms with Crippen LogP contribution in [0.1, 0.15) is 117 Å². The predicted octanol–water partition coefficient (Wildman–Crippen LogP) is 8.76. The highest BCUT2D eigenvalue weighted by Crippen LogP contribution is 2.33. The molecule has 0 unspecified atom stereocenters. The zero-order valence-corrected chi connectivity index (χ0v) is 38.8. The maximum atomic E-state index is 13.4. The number of carbonyl (C=O) groups excluding carboxylic acids is 5. The van der Waals surface area contributed by atoms with Crippen LogP contribution < -0.4 is 20.7 Å². The summed E-state index contributed by atoms with van der Waals surface area (Å²) >= 11 is 0. The second kappa shape index (κ2) is 20.2. The molecule has 2 heterocycles. The van der Waals surface area contributed by atoms with Gasteiger partial charge in [-0.3, -0.25) is 15.4 Å². The van der Waals surface area contributed by atoms with Gasteiger partial charge in [0.15, 0.2) is 0 Å². The molecule has 342 valence electrons. The fraction of sp³-hybridized carbons (Fsp3) is 0.500. The van der Waals surface area contributed by atoms with Crippen molar-refractivity contribution in [3.63, 3.8) is 0 Å². The number of hydrogen-bond donors (Lipinski definition) is 3. The van der Waals surface area contributed by atoms with Crippen molar-refractivity contribution in [2.75, 3.05) is 38.6 Å². The average Bonchev–Trinajstić information content (AvgIpc) is 3.14. The summed E-state index contributed by atoms with van der Waals surface area (Å²) in [5.41, 5.74) is 1.67. The molecule has 2 aliphatic heterocycles. The summed E-state index contributed by atoms with van der Waals surface area (Å²) < 4.78 is 27.3. The van der Waals surface area contributed by atoms with Gasteiger partial charge in [0, 0.05) is 49.1 Å². The largest absolute Gasteiger partial charge is 0.496 e. The van der Waals surface area contributed by atoms with Gasteiger partial charge < -0.3 is 38.8 Å². The lowest BCUT2D eigenvalue weighted by Crippen LogP contribution is -2.48. The van der Waals surface area contributed by atoms with Crippen LogP contribution in [0.25, 0.3) is 11.1 Å². The highest BCUT2D eigenvalue weighted by atomic mass is 16.6. The molecule has 2 aromatic carbocycles. The number of amides is 5. The number of anilines is 1. The SMILES string of the molecule is COc1cc(NC(=O)c2ccc(C3=CCN(C(=NC(=O)OC(C)(C)C)NC(=O)OC(C)(C)C)CC3)cc2)ccc1C1=CCN(C(=NC(=O)OC(C)(C)C)NC(=O)OC(C)(C)C)CC1. The molecule has 2 aromatic rings. The van der Waals surface area contributed by atoms with E-state index in [-0.39, 0.29) is 17.8 Å². The highest BCUT2D eigenvalue weighted by molar-refractivity contribution is 6.05. The molecule has 0 radical (unpaired) electrons. The van der Waals surface area contributed by atoms with Crippen LogP contribution in [0.5, 0.6) is 5.75 Å². The van der Waals surface area contributed by atoms with E-state index in [2.05, 4.69) is 25.9 Å². The molecule has 17 nitrogen and oxygen atoms in total. The van der Waals surface area contributed by atoms with Crippen LogP contribution in [-0.2, 0) is 18.9 Å². The van der Waals surface area contributed by atoms with Gasteiger partial charge in [-0.15, -0.1) is 9.98 Å². The maximum absolute atomic E-state index is 13.4. The van der Waals surface area contributed by atoms with Crippen LogP contribution in [0.3, 0.4) is 0 Å². The van der Waals surface area contributed by atoms with Gasteiger partial charge >= 0.3 is 24.4 Å². The van der Waals surface area contributed by atoms with Crippen LogP contribution in [-0.4, -0.2) is 108 Å². The van der Waals surface area contributed by atoms with Crippen LogP contribution in [0.15, 0.2) is 64.6 Å². The molecule has 3 N–H and O–H groups in total. The minimum Gasteiger partial charge on any atom is -0.496 e. The van der Waals surface area contributed by atoms with Gasteiger partial charge in [0.25, 0.3) is 5.91 Å². The van der Waals surface area contributed by atoms with Crippen molar-refractivity contribution in [2.45, 2.75) is 118 Å². The van der Waals surface area contributed by atoms with Crippen molar-refractivity contribution >= 4 is 59.0 Å². The number of carbonyl (C=O) groups is 5. The summed E-state index contributed by atoms with van der Waals surface area (Å²) in [6, 6.07) is 12.7. The van der Waals surface area contributed by atoms with E-state index in [1.807, 2.05) is 30.4 Å². The number of guanidine groups is 2. The molecule has 0 saturated carbocycles. The number of benzene rings is 2. The lowest BCUT2D eigenvalue weighted by atomic mass is 9.97. The molecule has 5 amide bonds. The molecule has 0 spiro atoms. The molecule has 0 bridgehead atoms. The first-order valence-corrected chi connectivity index (χ1v) is 20.8. The van der Waals surface area contributed by atoms with Gasteiger partial charge in [0.1, 0.15) is 28.2 Å². The normalized spacial score (nSPS) is 15.3. The summed E-state index contributed by atoms with van der Waals surface area (Å²) in [5.74, 6) is 0.284. The number of nitrogens with zero attached hydrogens (tertiary/aromatic N) is 4. The fourth-order valence-electron chi connectivity index (χ4n) is 6.19. The standard InChI is InChI=1S/C46H63N7O10/c1-43(2,3)60-39(55)48-37(49-40(56)61-44(4,5)6)52-24-20-30(21-25-52)29-14-16-32(17-15-29)36(54)47-33-18-19-34(35(28-33)59-13)31-22-26-53(27-23-31)38(50-41(57)62-45(7,8)9)51-42(58)63-46(10,11)12/h14-20,22,28H,21,23-27H2,1-13H3,(H,47,54)(H,48,49,55,56)(H,50,51,57,58). The number of rotatable bonds is 5. The molecule has 0 aliphatic carbocycles. The van der Waals surface area contributed by atoms with E-state index in [1.54, 1.807) is 124 Å². The number of ether oxygens (including phenoxy) is 5. The Morgan fingerprint density at radius 1 is 0.587 bits per heavy atom. The summed E-state index contributed by atoms with van der Waals surface area (Å²) in [6.07, 6.45) is 1.85. The van der Waals surface area contributed by atoms with E-state index < -0.39 is 46.8 Å². The van der Waals surface area contributed by atoms with Gasteiger partial charge in [0.05, 0.1) is 7.11 Å². The Morgan fingerprint density at radius 2 is 1.03 bits per heavy atom. The smallest absolute Gasteiger partial charge is 0.437 e. The molecular formula is C46H63N7O10. The van der Waals surface area contributed by atoms with Crippen molar-refractivity contribution in [3.05, 3.63) is 71.3 Å². The topological polar surface area (TPSA) is 199 Å². The zero-order chi connectivity index (χ0) is 46.9. The van der Waals surface area contributed by atoms with Gasteiger partial charge in [-0.1, -0.05) is 24.3 Å². The number of methoxy groups -OCH3 is 1. The Labute approximate surface area is 370 Å². The lowest BCUT2D eigenvalue weighted by molar-refractivity contribution is 0.0536. The average molecular weight is 874 g/mol. The first kappa shape index (κ1) is 49.3. The second-order valence-corrected chi connectivity index (χ2v) is 18.9. The van der Waals surface area contributed by atoms with Gasteiger partial charge in [-0.2, -0.15) is 0 Å². The van der Waals surface area contributed by atoms with Crippen LogP contribution in [0, 0.1) is 0 Å². The molecule has 0 saturated heterocycles. The van der Waals surface area contributed by atoms with Crippen molar-refractivity contribution in [2.24, 2.45) is 9.98 Å². The Morgan fingerprint density at radius 3 is 1.43 bits per heavy atom. The third-order valence-electron chi connectivity index (χ3n) is 8.75. The van der Waals surface area contributed by atoms with Crippen molar-refractivity contribution in [1.82, 2.24) is 20.4 Å². The third-order valence-corrected chi connectivity index (χ3v) is 8.75. The molecular weight excluding hydrogens is 811 g/mol. The first-order chi connectivity index (χ1) is 29.2. The molecule has 0 fully saturated rings. The summed E-state index contributed by atoms with van der Waals surface area (Å²) in [4.78, 5) is 75.6. The van der Waals surface area contributed by atoms with Crippen LogP contribution >= 0.6 is 0 Å². The minimum atomic E-state index is -0.844. The minimum absolute atomic E-state index is 0.0133.